The van der Waals surface area contributed by atoms with Crippen molar-refractivity contribution >= 4 is 17.5 Å². The molecule has 0 fully saturated rings. The van der Waals surface area contributed by atoms with Crippen LogP contribution in [0.15, 0.2) is 30.3 Å². The van der Waals surface area contributed by atoms with Gasteiger partial charge in [0, 0.05) is 24.3 Å². The molecule has 0 aliphatic carbocycles. The number of amides is 2. The number of hydrogen-bond donors (Lipinski definition) is 2. The van der Waals surface area contributed by atoms with E-state index >= 15 is 0 Å². The molecule has 0 aliphatic heterocycles. The third kappa shape index (κ3) is 4.18. The number of benzene rings is 1. The van der Waals surface area contributed by atoms with Crippen molar-refractivity contribution in [3.8, 4) is 0 Å². The molecule has 2 amide bonds. The van der Waals surface area contributed by atoms with Crippen LogP contribution in [0.1, 0.15) is 47.3 Å². The lowest BCUT2D eigenvalue weighted by Crippen LogP contribution is -2.30. The molecule has 23 heavy (non-hydrogen) atoms. The molecule has 0 unspecified atom stereocenters. The topological polar surface area (TPSA) is 76.0 Å². The van der Waals surface area contributed by atoms with Crippen LogP contribution in [-0.2, 0) is 13.5 Å². The first-order valence-corrected chi connectivity index (χ1v) is 7.66. The zero-order valence-electron chi connectivity index (χ0n) is 13.9. The van der Waals surface area contributed by atoms with Gasteiger partial charge in [-0.25, -0.2) is 0 Å². The van der Waals surface area contributed by atoms with Gasteiger partial charge in [-0.1, -0.05) is 6.92 Å². The summed E-state index contributed by atoms with van der Waals surface area (Å²) in [5.74, 6) is -0.351. The van der Waals surface area contributed by atoms with Crippen LogP contribution in [0.25, 0.3) is 0 Å². The van der Waals surface area contributed by atoms with Crippen LogP contribution in [0.2, 0.25) is 0 Å². The van der Waals surface area contributed by atoms with Crippen molar-refractivity contribution in [1.29, 1.82) is 0 Å². The van der Waals surface area contributed by atoms with E-state index in [4.69, 9.17) is 0 Å². The Bertz CT molecular complexity index is 702. The number of carbonyl (C=O) groups excluding carboxylic acids is 2. The van der Waals surface area contributed by atoms with Crippen LogP contribution in [0, 0.1) is 0 Å². The van der Waals surface area contributed by atoms with E-state index < -0.39 is 0 Å². The number of nitrogens with one attached hydrogen (secondary N) is 2. The lowest BCUT2D eigenvalue weighted by Gasteiger charge is -2.09. The van der Waals surface area contributed by atoms with Crippen molar-refractivity contribution in [2.24, 2.45) is 7.05 Å². The summed E-state index contributed by atoms with van der Waals surface area (Å²) in [7, 11) is 1.74. The van der Waals surface area contributed by atoms with Gasteiger partial charge in [0.25, 0.3) is 11.8 Å². The van der Waals surface area contributed by atoms with Crippen LogP contribution in [0.4, 0.5) is 5.69 Å². The number of anilines is 1. The van der Waals surface area contributed by atoms with E-state index in [1.807, 2.05) is 20.8 Å². The van der Waals surface area contributed by atoms with E-state index in [0.29, 0.717) is 16.9 Å². The van der Waals surface area contributed by atoms with Gasteiger partial charge in [-0.15, -0.1) is 0 Å². The van der Waals surface area contributed by atoms with E-state index in [0.717, 1.165) is 12.1 Å². The minimum absolute atomic E-state index is 0.0829. The predicted octanol–water partition coefficient (Wildman–Crippen LogP) is 2.37. The maximum Gasteiger partial charge on any atom is 0.273 e. The molecule has 0 spiro atoms. The lowest BCUT2D eigenvalue weighted by atomic mass is 10.2. The fourth-order valence-corrected chi connectivity index (χ4v) is 2.16. The molecule has 0 aliphatic rings. The normalized spacial score (nSPS) is 10.7. The molecule has 122 valence electrons. The molecule has 1 heterocycles. The summed E-state index contributed by atoms with van der Waals surface area (Å²) in [5.41, 5.74) is 2.57. The highest BCUT2D eigenvalue weighted by Crippen LogP contribution is 2.12. The minimum Gasteiger partial charge on any atom is -0.350 e. The average Bonchev–Trinajstić information content (AvgIpc) is 2.88. The predicted molar refractivity (Wildman–Crippen MR) is 89.6 cm³/mol. The summed E-state index contributed by atoms with van der Waals surface area (Å²) in [5, 5.41) is 9.90. The van der Waals surface area contributed by atoms with E-state index in [1.54, 1.807) is 42.1 Å². The summed E-state index contributed by atoms with van der Waals surface area (Å²) >= 11 is 0. The molecule has 2 aromatic rings. The van der Waals surface area contributed by atoms with Crippen molar-refractivity contribution in [2.75, 3.05) is 5.32 Å². The van der Waals surface area contributed by atoms with Crippen LogP contribution >= 0.6 is 0 Å². The van der Waals surface area contributed by atoms with Crippen molar-refractivity contribution in [2.45, 2.75) is 33.2 Å². The lowest BCUT2D eigenvalue weighted by molar-refractivity contribution is 0.0942. The van der Waals surface area contributed by atoms with E-state index in [9.17, 15) is 9.59 Å². The Morgan fingerprint density at radius 2 is 1.83 bits per heavy atom. The summed E-state index contributed by atoms with van der Waals surface area (Å²) in [6.07, 6.45) is 0.779. The molecule has 1 aromatic heterocycles. The summed E-state index contributed by atoms with van der Waals surface area (Å²) < 4.78 is 1.57. The Kier molecular flexibility index (Phi) is 5.16. The van der Waals surface area contributed by atoms with Gasteiger partial charge in [0.1, 0.15) is 5.69 Å². The maximum atomic E-state index is 12.3. The zero-order valence-corrected chi connectivity index (χ0v) is 13.9. The van der Waals surface area contributed by atoms with Gasteiger partial charge in [0.2, 0.25) is 0 Å². The second kappa shape index (κ2) is 7.09. The summed E-state index contributed by atoms with van der Waals surface area (Å²) in [6.45, 7) is 5.81. The third-order valence-corrected chi connectivity index (χ3v) is 3.35. The SMILES string of the molecule is CCc1cc(C(=O)Nc2ccc(C(=O)NC(C)C)cc2)n(C)n1. The number of nitrogens with zero attached hydrogens (tertiary/aromatic N) is 2. The highest BCUT2D eigenvalue weighted by Gasteiger charge is 2.13. The number of aryl methyl sites for hydroxylation is 2. The first-order valence-electron chi connectivity index (χ1n) is 7.66. The smallest absolute Gasteiger partial charge is 0.273 e. The highest BCUT2D eigenvalue weighted by molar-refractivity contribution is 6.03. The number of aromatic nitrogens is 2. The number of carbonyl (C=O) groups is 2. The Morgan fingerprint density at radius 3 is 2.35 bits per heavy atom. The molecule has 0 bridgehead atoms. The molecule has 6 nitrogen and oxygen atoms in total. The summed E-state index contributed by atoms with van der Waals surface area (Å²) in [4.78, 5) is 24.2. The van der Waals surface area contributed by atoms with Gasteiger partial charge in [-0.05, 0) is 50.6 Å². The van der Waals surface area contributed by atoms with E-state index in [-0.39, 0.29) is 17.9 Å². The monoisotopic (exact) mass is 314 g/mol. The molecule has 6 heteroatoms. The summed E-state index contributed by atoms with van der Waals surface area (Å²) in [6, 6.07) is 8.66. The third-order valence-electron chi connectivity index (χ3n) is 3.35. The van der Waals surface area contributed by atoms with Crippen LogP contribution < -0.4 is 10.6 Å². The van der Waals surface area contributed by atoms with Gasteiger partial charge >= 0.3 is 0 Å². The van der Waals surface area contributed by atoms with Crippen molar-refractivity contribution in [1.82, 2.24) is 15.1 Å². The Morgan fingerprint density at radius 1 is 1.17 bits per heavy atom. The molecule has 1 aromatic carbocycles. The van der Waals surface area contributed by atoms with Crippen molar-refractivity contribution in [3.05, 3.63) is 47.3 Å². The number of rotatable bonds is 5. The first kappa shape index (κ1) is 16.7. The fraction of sp³-hybridized carbons (Fsp3) is 0.353. The minimum atomic E-state index is -0.223. The standard InChI is InChI=1S/C17H22N4O2/c1-5-13-10-15(21(4)20-13)17(23)19-14-8-6-12(7-9-14)16(22)18-11(2)3/h6-11H,5H2,1-4H3,(H,18,22)(H,19,23). The van der Waals surface area contributed by atoms with Crippen LogP contribution in [0.3, 0.4) is 0 Å². The van der Waals surface area contributed by atoms with Gasteiger partial charge in [-0.3, -0.25) is 14.3 Å². The van der Waals surface area contributed by atoms with Gasteiger partial charge in [-0.2, -0.15) is 5.10 Å². The molecule has 2 rings (SSSR count). The molecule has 2 N–H and O–H groups in total. The van der Waals surface area contributed by atoms with Gasteiger partial charge < -0.3 is 10.6 Å². The van der Waals surface area contributed by atoms with Crippen LogP contribution in [0.5, 0.6) is 0 Å². The largest absolute Gasteiger partial charge is 0.350 e. The fourth-order valence-electron chi connectivity index (χ4n) is 2.16. The molecular weight excluding hydrogens is 292 g/mol. The second-order valence-corrected chi connectivity index (χ2v) is 5.66. The van der Waals surface area contributed by atoms with Crippen molar-refractivity contribution in [3.63, 3.8) is 0 Å². The van der Waals surface area contributed by atoms with Crippen molar-refractivity contribution < 1.29 is 9.59 Å². The Hall–Kier alpha value is -2.63. The Labute approximate surface area is 135 Å². The number of hydrogen-bond acceptors (Lipinski definition) is 3. The molecule has 0 saturated heterocycles. The Balaban J connectivity index is 2.07. The quantitative estimate of drug-likeness (QED) is 0.889. The first-order chi connectivity index (χ1) is 10.9. The highest BCUT2D eigenvalue weighted by atomic mass is 16.2. The average molecular weight is 314 g/mol. The zero-order chi connectivity index (χ0) is 17.0. The van der Waals surface area contributed by atoms with Crippen LogP contribution in [-0.4, -0.2) is 27.6 Å². The molecular formula is C17H22N4O2. The molecule has 0 saturated carbocycles. The van der Waals surface area contributed by atoms with Gasteiger partial charge in [0.05, 0.1) is 5.69 Å². The van der Waals surface area contributed by atoms with Gasteiger partial charge in [0.15, 0.2) is 0 Å². The van der Waals surface area contributed by atoms with E-state index in [2.05, 4.69) is 15.7 Å². The second-order valence-electron chi connectivity index (χ2n) is 5.66. The van der Waals surface area contributed by atoms with E-state index in [1.165, 1.54) is 0 Å². The molecule has 0 radical (unpaired) electrons. The maximum absolute atomic E-state index is 12.3. The molecule has 0 atom stereocenters.